The fourth-order valence-corrected chi connectivity index (χ4v) is 4.39. The molecule has 2 aromatic carbocycles. The quantitative estimate of drug-likeness (QED) is 0.553. The van der Waals surface area contributed by atoms with Crippen LogP contribution in [0.2, 0.25) is 0 Å². The van der Waals surface area contributed by atoms with Gasteiger partial charge < -0.3 is 15.0 Å². The molecule has 1 aliphatic rings. The van der Waals surface area contributed by atoms with Crippen LogP contribution in [0.5, 0.6) is 0 Å². The van der Waals surface area contributed by atoms with Gasteiger partial charge in [-0.1, -0.05) is 32.0 Å². The van der Waals surface area contributed by atoms with Gasteiger partial charge in [-0.05, 0) is 31.4 Å². The number of anilines is 1. The molecule has 0 saturated carbocycles. The minimum absolute atomic E-state index is 0.0780. The van der Waals surface area contributed by atoms with Gasteiger partial charge in [-0.15, -0.1) is 0 Å². The third-order valence-electron chi connectivity index (χ3n) is 5.74. The van der Waals surface area contributed by atoms with Crippen molar-refractivity contribution in [2.75, 3.05) is 5.32 Å². The molecule has 1 aliphatic heterocycles. The lowest BCUT2D eigenvalue weighted by Gasteiger charge is -2.44. The average molecular weight is 398 g/mol. The van der Waals surface area contributed by atoms with Crippen molar-refractivity contribution in [2.24, 2.45) is 0 Å². The highest BCUT2D eigenvalue weighted by molar-refractivity contribution is 5.95. The number of fused-ring (bicyclic) bond motifs is 2. The Morgan fingerprint density at radius 2 is 2.00 bits per heavy atom. The normalized spacial score (nSPS) is 20.2. The van der Waals surface area contributed by atoms with Crippen LogP contribution in [0.3, 0.4) is 0 Å². The summed E-state index contributed by atoms with van der Waals surface area (Å²) < 4.78 is 36.6. The molecule has 3 aromatic rings. The van der Waals surface area contributed by atoms with Gasteiger partial charge in [-0.3, -0.25) is 4.79 Å². The number of carbonyl (C=O) groups is 1. The predicted molar refractivity (Wildman–Crippen MR) is 110 cm³/mol. The zero-order valence-electron chi connectivity index (χ0n) is 16.9. The van der Waals surface area contributed by atoms with Crippen molar-refractivity contribution >= 4 is 22.6 Å². The van der Waals surface area contributed by atoms with E-state index in [1.54, 1.807) is 25.3 Å². The Kier molecular flexibility index (Phi) is 4.60. The smallest absolute Gasteiger partial charge is 0.305 e. The molecule has 2 atom stereocenters. The van der Waals surface area contributed by atoms with Crippen LogP contribution < -0.4 is 5.32 Å². The summed E-state index contributed by atoms with van der Waals surface area (Å²) in [6, 6.07) is 8.56. The van der Waals surface area contributed by atoms with E-state index in [2.05, 4.69) is 10.3 Å². The summed E-state index contributed by atoms with van der Waals surface area (Å²) in [4.78, 5) is 15.0. The summed E-state index contributed by atoms with van der Waals surface area (Å²) in [5, 5.41) is 4.05. The first-order chi connectivity index (χ1) is 13.7. The predicted octanol–water partition coefficient (Wildman–Crippen LogP) is 5.74. The van der Waals surface area contributed by atoms with Crippen LogP contribution in [0.1, 0.15) is 45.6 Å². The van der Waals surface area contributed by atoms with Crippen LogP contribution in [0.25, 0.3) is 22.0 Å². The van der Waals surface area contributed by atoms with Crippen molar-refractivity contribution in [2.45, 2.75) is 51.7 Å². The fraction of sp³-hybridized carbons (Fsp3) is 0.348. The second kappa shape index (κ2) is 6.87. The van der Waals surface area contributed by atoms with Crippen molar-refractivity contribution in [3.05, 3.63) is 53.7 Å². The number of para-hydroxylation sites is 1. The molecule has 2 unspecified atom stereocenters. The molecule has 2 heterocycles. The molecule has 1 aromatic heterocycles. The Hall–Kier alpha value is -2.89. The topological polar surface area (TPSA) is 54.1 Å². The highest BCUT2D eigenvalue weighted by atomic mass is 19.1. The minimum Gasteiger partial charge on any atom is -0.459 e. The van der Waals surface area contributed by atoms with Gasteiger partial charge in [0.1, 0.15) is 17.7 Å². The highest BCUT2D eigenvalue weighted by Crippen LogP contribution is 2.46. The van der Waals surface area contributed by atoms with Gasteiger partial charge in [-0.2, -0.15) is 0 Å². The van der Waals surface area contributed by atoms with Crippen molar-refractivity contribution in [3.8, 4) is 11.1 Å². The van der Waals surface area contributed by atoms with E-state index in [0.717, 1.165) is 5.39 Å². The number of hydrogen-bond acceptors (Lipinski definition) is 3. The van der Waals surface area contributed by atoms with Gasteiger partial charge in [-0.25, -0.2) is 8.78 Å². The van der Waals surface area contributed by atoms with Gasteiger partial charge in [0, 0.05) is 35.3 Å². The summed E-state index contributed by atoms with van der Waals surface area (Å²) in [6.45, 7) is 7.26. The zero-order chi connectivity index (χ0) is 20.9. The van der Waals surface area contributed by atoms with Gasteiger partial charge in [0.05, 0.1) is 16.6 Å². The number of hydrogen-bond donors (Lipinski definition) is 2. The Bertz CT molecular complexity index is 1100. The monoisotopic (exact) mass is 398 g/mol. The number of aromatic nitrogens is 1. The van der Waals surface area contributed by atoms with Crippen LogP contribution in [-0.2, 0) is 9.53 Å². The molecule has 0 aliphatic carbocycles. The molecule has 4 rings (SSSR count). The Labute approximate surface area is 168 Å². The summed E-state index contributed by atoms with van der Waals surface area (Å²) in [5.74, 6) is -2.06. The van der Waals surface area contributed by atoms with Gasteiger partial charge >= 0.3 is 5.97 Å². The van der Waals surface area contributed by atoms with Crippen LogP contribution in [-0.4, -0.2) is 22.6 Å². The molecule has 0 spiro atoms. The Morgan fingerprint density at radius 3 is 2.72 bits per heavy atom. The fourth-order valence-electron chi connectivity index (χ4n) is 4.39. The third-order valence-corrected chi connectivity index (χ3v) is 5.74. The molecular weight excluding hydrogens is 374 g/mol. The molecule has 0 saturated heterocycles. The maximum absolute atomic E-state index is 15.8. The third kappa shape index (κ3) is 3.07. The first kappa shape index (κ1) is 19.4. The SMILES string of the molecule is CCC(=O)OC1C(C)c2c(cc(F)c(-c3cccc4cc[nH]c34)c2F)NC1(C)C. The molecule has 29 heavy (non-hydrogen) atoms. The first-order valence-corrected chi connectivity index (χ1v) is 9.80. The van der Waals surface area contributed by atoms with Gasteiger partial charge in [0.25, 0.3) is 0 Å². The van der Waals surface area contributed by atoms with E-state index < -0.39 is 29.2 Å². The van der Waals surface area contributed by atoms with Crippen LogP contribution in [0.15, 0.2) is 36.5 Å². The average Bonchev–Trinajstić information content (AvgIpc) is 3.13. The minimum atomic E-state index is -0.670. The van der Waals surface area contributed by atoms with E-state index in [1.807, 2.05) is 32.9 Å². The lowest BCUT2D eigenvalue weighted by molar-refractivity contribution is -0.152. The van der Waals surface area contributed by atoms with Crippen molar-refractivity contribution < 1.29 is 18.3 Å². The van der Waals surface area contributed by atoms with Crippen molar-refractivity contribution in [1.82, 2.24) is 4.98 Å². The van der Waals surface area contributed by atoms with Crippen molar-refractivity contribution in [1.29, 1.82) is 0 Å². The maximum Gasteiger partial charge on any atom is 0.305 e. The Morgan fingerprint density at radius 1 is 1.24 bits per heavy atom. The van der Waals surface area contributed by atoms with Crippen LogP contribution >= 0.6 is 0 Å². The number of H-pyrrole nitrogens is 1. The lowest BCUT2D eigenvalue weighted by atomic mass is 9.77. The van der Waals surface area contributed by atoms with Crippen LogP contribution in [0, 0.1) is 11.6 Å². The first-order valence-electron chi connectivity index (χ1n) is 9.80. The summed E-state index contributed by atoms with van der Waals surface area (Å²) in [5.41, 5.74) is 1.12. The van der Waals surface area contributed by atoms with Gasteiger partial charge in [0.15, 0.2) is 0 Å². The second-order valence-corrected chi connectivity index (χ2v) is 8.16. The van der Waals surface area contributed by atoms with E-state index in [1.165, 1.54) is 6.07 Å². The molecule has 4 nitrogen and oxygen atoms in total. The maximum atomic E-state index is 15.8. The molecule has 6 heteroatoms. The second-order valence-electron chi connectivity index (χ2n) is 8.16. The highest BCUT2D eigenvalue weighted by Gasteiger charge is 2.44. The largest absolute Gasteiger partial charge is 0.459 e. The van der Waals surface area contributed by atoms with E-state index >= 15 is 8.78 Å². The number of benzene rings is 2. The molecule has 0 amide bonds. The van der Waals surface area contributed by atoms with E-state index in [0.29, 0.717) is 22.3 Å². The zero-order valence-corrected chi connectivity index (χ0v) is 16.9. The molecule has 2 N–H and O–H groups in total. The number of carbonyl (C=O) groups excluding carboxylic acids is 1. The van der Waals surface area contributed by atoms with Crippen molar-refractivity contribution in [3.63, 3.8) is 0 Å². The van der Waals surface area contributed by atoms with Gasteiger partial charge in [0.2, 0.25) is 0 Å². The molecule has 0 bridgehead atoms. The summed E-state index contributed by atoms with van der Waals surface area (Å²) in [7, 11) is 0. The molecule has 152 valence electrons. The van der Waals surface area contributed by atoms with E-state index in [4.69, 9.17) is 4.74 Å². The number of rotatable bonds is 3. The van der Waals surface area contributed by atoms with Crippen LogP contribution in [0.4, 0.5) is 14.5 Å². The summed E-state index contributed by atoms with van der Waals surface area (Å²) in [6.07, 6.45) is 1.39. The number of nitrogens with one attached hydrogen (secondary N) is 2. The van der Waals surface area contributed by atoms with E-state index in [-0.39, 0.29) is 18.0 Å². The number of esters is 1. The number of halogens is 2. The molecule has 0 fully saturated rings. The summed E-state index contributed by atoms with van der Waals surface area (Å²) >= 11 is 0. The number of aromatic amines is 1. The molecular formula is C23H24F2N2O2. The van der Waals surface area contributed by atoms with E-state index in [9.17, 15) is 4.79 Å². The number of ether oxygens (including phenoxy) is 1. The Balaban J connectivity index is 1.90. The lowest BCUT2D eigenvalue weighted by Crippen LogP contribution is -2.52. The standard InChI is InChI=1S/C23H24F2N2O2/c1-5-17(28)29-22-12(2)18-16(27-23(22,3)4)11-15(24)19(20(18)25)14-8-6-7-13-9-10-26-21(13)14/h6-12,22,26-27H,5H2,1-4H3. The molecule has 0 radical (unpaired) electrons.